The molecule has 1 aromatic heterocycles. The van der Waals surface area contributed by atoms with E-state index in [1.54, 1.807) is 23.5 Å². The normalized spacial score (nSPS) is 12.6. The van der Waals surface area contributed by atoms with Crippen molar-refractivity contribution in [2.75, 3.05) is 0 Å². The first-order valence-electron chi connectivity index (χ1n) is 6.12. The molecule has 0 radical (unpaired) electrons. The summed E-state index contributed by atoms with van der Waals surface area (Å²) in [5, 5.41) is 2.50. The van der Waals surface area contributed by atoms with Gasteiger partial charge >= 0.3 is 0 Å². The highest BCUT2D eigenvalue weighted by Crippen LogP contribution is 2.22. The molecule has 0 fully saturated rings. The molecule has 0 amide bonds. The van der Waals surface area contributed by atoms with E-state index in [0.717, 1.165) is 12.8 Å². The maximum atomic E-state index is 13.7. The van der Waals surface area contributed by atoms with Gasteiger partial charge in [-0.05, 0) is 42.8 Å². The minimum absolute atomic E-state index is 0.0106. The van der Waals surface area contributed by atoms with Gasteiger partial charge in [0, 0.05) is 21.5 Å². The van der Waals surface area contributed by atoms with E-state index < -0.39 is 0 Å². The van der Waals surface area contributed by atoms with E-state index in [0.29, 0.717) is 17.0 Å². The maximum absolute atomic E-state index is 13.7. The lowest BCUT2D eigenvalue weighted by Gasteiger charge is -2.16. The Morgan fingerprint density at radius 1 is 1.32 bits per heavy atom. The molecule has 0 aliphatic heterocycles. The maximum Gasteiger partial charge on any atom is 0.127 e. The van der Waals surface area contributed by atoms with Gasteiger partial charge in [0.05, 0.1) is 0 Å². The Morgan fingerprint density at radius 3 is 2.79 bits per heavy atom. The summed E-state index contributed by atoms with van der Waals surface area (Å²) in [4.78, 5) is 1.31. The second-order valence-corrected chi connectivity index (χ2v) is 5.83. The first-order chi connectivity index (χ1) is 9.20. The van der Waals surface area contributed by atoms with Crippen LogP contribution in [0.1, 0.15) is 16.9 Å². The molecule has 0 spiro atoms. The van der Waals surface area contributed by atoms with E-state index in [4.69, 9.17) is 17.4 Å². The summed E-state index contributed by atoms with van der Waals surface area (Å²) >= 11 is 7.74. The summed E-state index contributed by atoms with van der Waals surface area (Å²) in [5.41, 5.74) is 3.27. The van der Waals surface area contributed by atoms with E-state index in [1.807, 2.05) is 11.4 Å². The van der Waals surface area contributed by atoms with Gasteiger partial charge in [-0.3, -0.25) is 11.3 Å². The molecule has 5 heteroatoms. The Bertz CT molecular complexity index is 496. The molecule has 0 saturated heterocycles. The zero-order chi connectivity index (χ0) is 13.7. The van der Waals surface area contributed by atoms with Crippen LogP contribution >= 0.6 is 22.9 Å². The number of aryl methyl sites for hydroxylation is 1. The van der Waals surface area contributed by atoms with Gasteiger partial charge in [-0.1, -0.05) is 23.7 Å². The van der Waals surface area contributed by atoms with Crippen LogP contribution in [0.15, 0.2) is 35.7 Å². The quantitative estimate of drug-likeness (QED) is 0.632. The van der Waals surface area contributed by atoms with Gasteiger partial charge in [0.1, 0.15) is 5.82 Å². The molecule has 2 rings (SSSR count). The molecule has 1 atom stereocenters. The predicted molar refractivity (Wildman–Crippen MR) is 78.9 cm³/mol. The van der Waals surface area contributed by atoms with Crippen molar-refractivity contribution in [1.29, 1.82) is 0 Å². The minimum Gasteiger partial charge on any atom is -0.271 e. The lowest BCUT2D eigenvalue weighted by molar-refractivity contribution is 0.481. The zero-order valence-corrected chi connectivity index (χ0v) is 12.0. The first kappa shape index (κ1) is 14.5. The summed E-state index contributed by atoms with van der Waals surface area (Å²) in [6, 6.07) is 8.86. The van der Waals surface area contributed by atoms with Crippen LogP contribution in [-0.4, -0.2) is 6.04 Å². The first-order valence-corrected chi connectivity index (χ1v) is 7.38. The van der Waals surface area contributed by atoms with Crippen molar-refractivity contribution >= 4 is 22.9 Å². The van der Waals surface area contributed by atoms with Crippen LogP contribution in [0.25, 0.3) is 0 Å². The molecule has 1 heterocycles. The highest BCUT2D eigenvalue weighted by atomic mass is 35.5. The molecule has 0 saturated carbocycles. The third-order valence-electron chi connectivity index (χ3n) is 3.07. The summed E-state index contributed by atoms with van der Waals surface area (Å²) in [5.74, 6) is 5.27. The van der Waals surface area contributed by atoms with E-state index in [9.17, 15) is 4.39 Å². The number of thiophene rings is 1. The lowest BCUT2D eigenvalue weighted by atomic mass is 10.0. The molecule has 1 aromatic carbocycles. The molecule has 1 unspecified atom stereocenters. The predicted octanol–water partition coefficient (Wildman–Crippen LogP) is 3.55. The zero-order valence-electron chi connectivity index (χ0n) is 10.4. The van der Waals surface area contributed by atoms with Gasteiger partial charge in [-0.2, -0.15) is 0 Å². The van der Waals surface area contributed by atoms with Crippen LogP contribution in [0.3, 0.4) is 0 Å². The minimum atomic E-state index is -0.274. The van der Waals surface area contributed by atoms with E-state index in [1.165, 1.54) is 10.9 Å². The number of hydrogen-bond donors (Lipinski definition) is 2. The van der Waals surface area contributed by atoms with Crippen molar-refractivity contribution in [3.05, 3.63) is 57.0 Å². The number of benzene rings is 1. The standard InChI is InChI=1S/C14H16ClFN2S/c15-13-4-1-5-14(16)12(13)9-10(18-17)6-7-11-3-2-8-19-11/h1-5,8,10,18H,6-7,9,17H2. The molecule has 0 aliphatic carbocycles. The SMILES string of the molecule is NNC(CCc1cccs1)Cc1c(F)cccc1Cl. The molecular formula is C14H16ClFN2S. The highest BCUT2D eigenvalue weighted by Gasteiger charge is 2.14. The van der Waals surface area contributed by atoms with E-state index in [-0.39, 0.29) is 11.9 Å². The van der Waals surface area contributed by atoms with Gasteiger partial charge in [0.2, 0.25) is 0 Å². The summed E-state index contributed by atoms with van der Waals surface area (Å²) in [7, 11) is 0. The van der Waals surface area contributed by atoms with E-state index in [2.05, 4.69) is 11.5 Å². The Kier molecular flexibility index (Phi) is 5.34. The summed E-state index contributed by atoms with van der Waals surface area (Å²) < 4.78 is 13.7. The molecule has 0 aliphatic rings. The third-order valence-corrected chi connectivity index (χ3v) is 4.36. The smallest absolute Gasteiger partial charge is 0.127 e. The van der Waals surface area contributed by atoms with Crippen LogP contribution in [0.4, 0.5) is 4.39 Å². The van der Waals surface area contributed by atoms with Gasteiger partial charge in [0.25, 0.3) is 0 Å². The summed E-state index contributed by atoms with van der Waals surface area (Å²) in [6.07, 6.45) is 2.27. The van der Waals surface area contributed by atoms with Crippen LogP contribution in [0.5, 0.6) is 0 Å². The Labute approximate surface area is 121 Å². The van der Waals surface area contributed by atoms with Crippen LogP contribution in [0.2, 0.25) is 5.02 Å². The molecule has 102 valence electrons. The molecule has 19 heavy (non-hydrogen) atoms. The second-order valence-electron chi connectivity index (χ2n) is 4.39. The molecule has 2 aromatic rings. The fourth-order valence-electron chi connectivity index (χ4n) is 1.99. The number of nitrogens with two attached hydrogens (primary N) is 1. The van der Waals surface area contributed by atoms with Crippen molar-refractivity contribution in [3.63, 3.8) is 0 Å². The lowest BCUT2D eigenvalue weighted by Crippen LogP contribution is -2.37. The van der Waals surface area contributed by atoms with Gasteiger partial charge in [-0.15, -0.1) is 11.3 Å². The Hall–Kier alpha value is -0.940. The third kappa shape index (κ3) is 4.01. The summed E-state index contributed by atoms with van der Waals surface area (Å²) in [6.45, 7) is 0. The van der Waals surface area contributed by atoms with Crippen LogP contribution in [-0.2, 0) is 12.8 Å². The fraction of sp³-hybridized carbons (Fsp3) is 0.286. The van der Waals surface area contributed by atoms with Crippen molar-refractivity contribution < 1.29 is 4.39 Å². The molecule has 3 N–H and O–H groups in total. The number of halogens is 2. The number of rotatable bonds is 6. The number of hydrogen-bond acceptors (Lipinski definition) is 3. The van der Waals surface area contributed by atoms with Gasteiger partial charge in [-0.25, -0.2) is 4.39 Å². The Morgan fingerprint density at radius 2 is 2.16 bits per heavy atom. The van der Waals surface area contributed by atoms with Crippen LogP contribution < -0.4 is 11.3 Å². The van der Waals surface area contributed by atoms with Gasteiger partial charge in [0.15, 0.2) is 0 Å². The van der Waals surface area contributed by atoms with Crippen molar-refractivity contribution in [2.45, 2.75) is 25.3 Å². The topological polar surface area (TPSA) is 38.0 Å². The van der Waals surface area contributed by atoms with Crippen LogP contribution in [0, 0.1) is 5.82 Å². The Balaban J connectivity index is 1.98. The molecule has 2 nitrogen and oxygen atoms in total. The monoisotopic (exact) mass is 298 g/mol. The number of hydrazine groups is 1. The average Bonchev–Trinajstić information content (AvgIpc) is 2.91. The van der Waals surface area contributed by atoms with E-state index >= 15 is 0 Å². The molecule has 0 bridgehead atoms. The second kappa shape index (κ2) is 7.01. The number of nitrogens with one attached hydrogen (secondary N) is 1. The fourth-order valence-corrected chi connectivity index (χ4v) is 2.95. The van der Waals surface area contributed by atoms with Crippen molar-refractivity contribution in [3.8, 4) is 0 Å². The molecular weight excluding hydrogens is 283 g/mol. The average molecular weight is 299 g/mol. The highest BCUT2D eigenvalue weighted by molar-refractivity contribution is 7.09. The van der Waals surface area contributed by atoms with Gasteiger partial charge < -0.3 is 0 Å². The van der Waals surface area contributed by atoms with Crippen molar-refractivity contribution in [1.82, 2.24) is 5.43 Å². The largest absolute Gasteiger partial charge is 0.271 e. The van der Waals surface area contributed by atoms with Crippen molar-refractivity contribution in [2.24, 2.45) is 5.84 Å².